The van der Waals surface area contributed by atoms with Crippen LogP contribution in [0.15, 0.2) is 59.4 Å². The molecule has 6 heteroatoms. The van der Waals surface area contributed by atoms with Crippen molar-refractivity contribution in [2.45, 2.75) is 32.1 Å². The molecule has 1 saturated heterocycles. The Morgan fingerprint density at radius 2 is 1.76 bits per heavy atom. The van der Waals surface area contributed by atoms with Crippen LogP contribution in [0, 0.1) is 19.3 Å². The molecule has 1 atom stereocenters. The Kier molecular flexibility index (Phi) is 5.85. The lowest BCUT2D eigenvalue weighted by Crippen LogP contribution is -2.30. The quantitative estimate of drug-likeness (QED) is 0.444. The Hall–Kier alpha value is -3.98. The molecule has 1 aliphatic heterocycles. The molecule has 0 radical (unpaired) electrons. The number of anilines is 1. The van der Waals surface area contributed by atoms with Crippen LogP contribution in [-0.2, 0) is 0 Å². The van der Waals surface area contributed by atoms with Gasteiger partial charge in [-0.2, -0.15) is 4.52 Å². The number of hydrogen-bond donors (Lipinski definition) is 1. The maximum atomic E-state index is 13.9. The second-order valence-corrected chi connectivity index (χ2v) is 8.70. The maximum Gasteiger partial charge on any atom is 0.277 e. The molecule has 4 aromatic rings. The molecule has 2 aromatic heterocycles. The molecular weight excluding hydrogens is 424 g/mol. The summed E-state index contributed by atoms with van der Waals surface area (Å²) in [6.07, 6.45) is 9.44. The second kappa shape index (κ2) is 9.11. The lowest BCUT2D eigenvalue weighted by atomic mass is 9.92. The largest absolute Gasteiger partial charge is 0.497 e. The molecule has 2 aromatic carbocycles. The highest BCUT2D eigenvalue weighted by Gasteiger charge is 2.27. The summed E-state index contributed by atoms with van der Waals surface area (Å²) < 4.78 is 6.84. The van der Waals surface area contributed by atoms with E-state index in [4.69, 9.17) is 16.1 Å². The molecule has 0 bridgehead atoms. The molecule has 5 rings (SSSR count). The molecule has 6 nitrogen and oxygen atoms in total. The van der Waals surface area contributed by atoms with E-state index in [1.54, 1.807) is 11.6 Å². The molecule has 1 unspecified atom stereocenters. The van der Waals surface area contributed by atoms with Crippen molar-refractivity contribution in [2.24, 2.45) is 0 Å². The summed E-state index contributed by atoms with van der Waals surface area (Å²) in [6, 6.07) is 17.6. The van der Waals surface area contributed by atoms with E-state index in [1.807, 2.05) is 49.4 Å². The standard InChI is InChI=1S/C28H28N4O2/c1-4-23(20-13-15-22(34-3)16-14-20)24-19(2)29-27-26(31-17-9-6-10-18-31)25(30-32(27)28(24)33)21-11-7-5-8-12-21/h1,5,7-8,11-16,23,30H,6,9-10,17-18H2,2-3H3. The topological polar surface area (TPSA) is 62.6 Å². The van der Waals surface area contributed by atoms with Gasteiger partial charge < -0.3 is 9.64 Å². The molecular formula is C28H28N4O2. The van der Waals surface area contributed by atoms with Crippen molar-refractivity contribution in [2.75, 3.05) is 25.1 Å². The zero-order valence-corrected chi connectivity index (χ0v) is 19.5. The lowest BCUT2D eigenvalue weighted by molar-refractivity contribution is 0.414. The van der Waals surface area contributed by atoms with E-state index in [9.17, 15) is 4.79 Å². The van der Waals surface area contributed by atoms with Gasteiger partial charge in [0, 0.05) is 18.7 Å². The highest BCUT2D eigenvalue weighted by atomic mass is 16.5. The normalized spacial score (nSPS) is 14.7. The molecule has 1 N–H and O–H groups in total. The van der Waals surface area contributed by atoms with Gasteiger partial charge in [-0.15, -0.1) is 6.42 Å². The van der Waals surface area contributed by atoms with E-state index in [2.05, 4.69) is 28.1 Å². The van der Waals surface area contributed by atoms with Crippen molar-refractivity contribution < 1.29 is 4.74 Å². The highest BCUT2D eigenvalue weighted by molar-refractivity contribution is 5.86. The van der Waals surface area contributed by atoms with Crippen LogP contribution in [0.25, 0.3) is 16.9 Å². The number of ether oxygens (including phenoxy) is 1. The van der Waals surface area contributed by atoms with Gasteiger partial charge in [-0.25, -0.2) is 4.98 Å². The average molecular weight is 453 g/mol. The van der Waals surface area contributed by atoms with Crippen LogP contribution in [-0.4, -0.2) is 34.8 Å². The molecule has 0 spiro atoms. The summed E-state index contributed by atoms with van der Waals surface area (Å²) in [6.45, 7) is 3.77. The van der Waals surface area contributed by atoms with Crippen LogP contribution in [0.2, 0.25) is 0 Å². The second-order valence-electron chi connectivity index (χ2n) is 8.70. The van der Waals surface area contributed by atoms with E-state index in [0.29, 0.717) is 16.9 Å². The minimum absolute atomic E-state index is 0.165. The first-order valence-electron chi connectivity index (χ1n) is 11.7. The van der Waals surface area contributed by atoms with Crippen LogP contribution >= 0.6 is 0 Å². The average Bonchev–Trinajstić information content (AvgIpc) is 3.27. The number of terminal acetylenes is 1. The van der Waals surface area contributed by atoms with Crippen molar-refractivity contribution in [1.29, 1.82) is 0 Å². The van der Waals surface area contributed by atoms with E-state index < -0.39 is 5.92 Å². The lowest BCUT2D eigenvalue weighted by Gasteiger charge is -2.28. The summed E-state index contributed by atoms with van der Waals surface area (Å²) in [4.78, 5) is 21.2. The van der Waals surface area contributed by atoms with E-state index in [0.717, 1.165) is 54.2 Å². The van der Waals surface area contributed by atoms with Gasteiger partial charge in [-0.05, 0) is 43.9 Å². The van der Waals surface area contributed by atoms with E-state index >= 15 is 0 Å². The molecule has 0 saturated carbocycles. The van der Waals surface area contributed by atoms with E-state index in [-0.39, 0.29) is 5.56 Å². The SMILES string of the molecule is C#CC(c1ccc(OC)cc1)c1c(C)nc2c(N3CCCCC3)c(-c3ccccc3)[nH]n2c1=O. The summed E-state index contributed by atoms with van der Waals surface area (Å²) in [7, 11) is 1.62. The number of rotatable bonds is 5. The molecule has 1 aliphatic rings. The number of nitrogens with one attached hydrogen (secondary N) is 1. The minimum Gasteiger partial charge on any atom is -0.497 e. The van der Waals surface area contributed by atoms with Gasteiger partial charge in [0.1, 0.15) is 11.4 Å². The van der Waals surface area contributed by atoms with Crippen molar-refractivity contribution in [3.8, 4) is 29.4 Å². The Morgan fingerprint density at radius 3 is 2.41 bits per heavy atom. The van der Waals surface area contributed by atoms with Gasteiger partial charge in [0.25, 0.3) is 5.56 Å². The predicted octanol–water partition coefficient (Wildman–Crippen LogP) is 4.76. The fourth-order valence-electron chi connectivity index (χ4n) is 4.88. The van der Waals surface area contributed by atoms with Crippen molar-refractivity contribution in [1.82, 2.24) is 14.6 Å². The van der Waals surface area contributed by atoms with Crippen molar-refractivity contribution in [3.63, 3.8) is 0 Å². The molecule has 0 aliphatic carbocycles. The van der Waals surface area contributed by atoms with Crippen molar-refractivity contribution >= 4 is 11.3 Å². The molecule has 0 amide bonds. The smallest absolute Gasteiger partial charge is 0.277 e. The predicted molar refractivity (Wildman–Crippen MR) is 136 cm³/mol. The van der Waals surface area contributed by atoms with Gasteiger partial charge >= 0.3 is 0 Å². The Morgan fingerprint density at radius 1 is 1.06 bits per heavy atom. The van der Waals surface area contributed by atoms with Gasteiger partial charge in [0.2, 0.25) is 0 Å². The fourth-order valence-corrected chi connectivity index (χ4v) is 4.88. The van der Waals surface area contributed by atoms with Crippen LogP contribution in [0.5, 0.6) is 5.75 Å². The zero-order chi connectivity index (χ0) is 23.7. The Bertz CT molecular complexity index is 1410. The fraction of sp³-hybridized carbons (Fsp3) is 0.286. The molecule has 34 heavy (non-hydrogen) atoms. The number of piperidine rings is 1. The number of fused-ring (bicyclic) bond motifs is 1. The molecule has 1 fully saturated rings. The van der Waals surface area contributed by atoms with E-state index in [1.165, 1.54) is 6.42 Å². The third-order valence-electron chi connectivity index (χ3n) is 6.62. The number of benzene rings is 2. The zero-order valence-electron chi connectivity index (χ0n) is 19.5. The van der Waals surface area contributed by atoms with Crippen LogP contribution in [0.3, 0.4) is 0 Å². The van der Waals surface area contributed by atoms with Crippen molar-refractivity contribution in [3.05, 3.63) is 81.8 Å². The first-order valence-corrected chi connectivity index (χ1v) is 11.7. The third-order valence-corrected chi connectivity index (χ3v) is 6.62. The number of aryl methyl sites for hydroxylation is 1. The third kappa shape index (κ3) is 3.73. The first-order chi connectivity index (χ1) is 16.6. The van der Waals surface area contributed by atoms with Gasteiger partial charge in [-0.1, -0.05) is 48.4 Å². The van der Waals surface area contributed by atoms with Gasteiger partial charge in [0.15, 0.2) is 5.65 Å². The Balaban J connectivity index is 1.72. The monoisotopic (exact) mass is 452 g/mol. The number of aromatic amines is 1. The number of aromatic nitrogens is 3. The Labute approximate surface area is 199 Å². The molecule has 172 valence electrons. The molecule has 3 heterocycles. The first kappa shape index (κ1) is 21.8. The van der Waals surface area contributed by atoms with Crippen LogP contribution in [0.1, 0.15) is 42.0 Å². The summed E-state index contributed by atoms with van der Waals surface area (Å²) in [5.41, 5.74) is 5.42. The summed E-state index contributed by atoms with van der Waals surface area (Å²) >= 11 is 0. The maximum absolute atomic E-state index is 13.9. The van der Waals surface area contributed by atoms with Gasteiger partial charge in [-0.3, -0.25) is 9.89 Å². The number of H-pyrrole nitrogens is 1. The number of nitrogens with zero attached hydrogens (tertiary/aromatic N) is 3. The number of methoxy groups -OCH3 is 1. The number of hydrogen-bond acceptors (Lipinski definition) is 4. The van der Waals surface area contributed by atoms with Crippen LogP contribution in [0.4, 0.5) is 5.69 Å². The van der Waals surface area contributed by atoms with Crippen LogP contribution < -0.4 is 15.2 Å². The highest BCUT2D eigenvalue weighted by Crippen LogP contribution is 2.35. The summed E-state index contributed by atoms with van der Waals surface area (Å²) in [5, 5.41) is 3.37. The minimum atomic E-state index is -0.510. The van der Waals surface area contributed by atoms with Gasteiger partial charge in [0.05, 0.1) is 30.0 Å². The summed E-state index contributed by atoms with van der Waals surface area (Å²) in [5.74, 6) is 3.05.